The van der Waals surface area contributed by atoms with Gasteiger partial charge >= 0.3 is 0 Å². The van der Waals surface area contributed by atoms with E-state index in [9.17, 15) is 0 Å². The van der Waals surface area contributed by atoms with Crippen LogP contribution in [-0.4, -0.2) is 11.2 Å². The molecule has 3 unspecified atom stereocenters. The van der Waals surface area contributed by atoms with Crippen LogP contribution >= 0.6 is 0 Å². The maximum absolute atomic E-state index is 9.14. The predicted molar refractivity (Wildman–Crippen MR) is 33.5 cm³/mol. The highest BCUT2D eigenvalue weighted by Crippen LogP contribution is 2.29. The van der Waals surface area contributed by atoms with E-state index in [4.69, 9.17) is 10.4 Å². The summed E-state index contributed by atoms with van der Waals surface area (Å²) < 4.78 is 0. The lowest BCUT2D eigenvalue weighted by atomic mass is 10.1. The maximum Gasteiger partial charge on any atom is 0.0725 e. The van der Waals surface area contributed by atoms with Crippen LogP contribution in [-0.2, 0) is 0 Å². The van der Waals surface area contributed by atoms with Crippen molar-refractivity contribution in [2.24, 2.45) is 11.8 Å². The normalized spacial score (nSPS) is 42.6. The van der Waals surface area contributed by atoms with E-state index in [-0.39, 0.29) is 12.0 Å². The number of aliphatic hydroxyl groups is 1. The highest BCUT2D eigenvalue weighted by molar-refractivity contribution is 4.94. The van der Waals surface area contributed by atoms with Gasteiger partial charge in [0.1, 0.15) is 0 Å². The Kier molecular flexibility index (Phi) is 1.73. The van der Waals surface area contributed by atoms with E-state index < -0.39 is 0 Å². The van der Waals surface area contributed by atoms with E-state index in [0.29, 0.717) is 5.92 Å². The first-order chi connectivity index (χ1) is 4.24. The quantitative estimate of drug-likeness (QED) is 0.523. The second kappa shape index (κ2) is 2.36. The molecule has 1 N–H and O–H groups in total. The molecule has 2 heteroatoms. The molecule has 1 aliphatic carbocycles. The molecule has 0 bridgehead atoms. The van der Waals surface area contributed by atoms with Gasteiger partial charge in [-0.05, 0) is 18.8 Å². The van der Waals surface area contributed by atoms with Crippen LogP contribution < -0.4 is 0 Å². The number of hydrogen-bond acceptors (Lipinski definition) is 2. The Balaban J connectivity index is 2.50. The fourth-order valence-electron chi connectivity index (χ4n) is 1.40. The summed E-state index contributed by atoms with van der Waals surface area (Å²) >= 11 is 0. The van der Waals surface area contributed by atoms with Gasteiger partial charge in [0, 0.05) is 0 Å². The first kappa shape index (κ1) is 6.57. The summed E-state index contributed by atoms with van der Waals surface area (Å²) in [4.78, 5) is 0. The molecule has 0 amide bonds. The summed E-state index contributed by atoms with van der Waals surface area (Å²) in [5.74, 6) is 0.435. The third-order valence-electron chi connectivity index (χ3n) is 1.93. The lowest BCUT2D eigenvalue weighted by Crippen LogP contribution is -2.09. The monoisotopic (exact) mass is 125 g/mol. The molecular weight excluding hydrogens is 114 g/mol. The molecule has 1 rings (SSSR count). The minimum absolute atomic E-state index is 0.0972. The van der Waals surface area contributed by atoms with Crippen molar-refractivity contribution in [3.05, 3.63) is 0 Å². The first-order valence-corrected chi connectivity index (χ1v) is 3.31. The summed E-state index contributed by atoms with van der Waals surface area (Å²) in [6.07, 6.45) is 1.32. The molecule has 3 atom stereocenters. The molecule has 0 heterocycles. The molecule has 0 saturated heterocycles. The average Bonchev–Trinajstić information content (AvgIpc) is 2.10. The number of rotatable bonds is 0. The highest BCUT2D eigenvalue weighted by atomic mass is 16.3. The fraction of sp³-hybridized carbons (Fsp3) is 0.857. The topological polar surface area (TPSA) is 44.0 Å². The lowest BCUT2D eigenvalue weighted by Gasteiger charge is -2.01. The second-order valence-corrected chi connectivity index (χ2v) is 2.88. The summed E-state index contributed by atoms with van der Waals surface area (Å²) in [6, 6.07) is 2.09. The van der Waals surface area contributed by atoms with Crippen molar-refractivity contribution in [2.45, 2.75) is 25.9 Å². The molecule has 1 aliphatic rings. The van der Waals surface area contributed by atoms with Crippen LogP contribution in [0.4, 0.5) is 0 Å². The van der Waals surface area contributed by atoms with Gasteiger partial charge in [-0.3, -0.25) is 0 Å². The van der Waals surface area contributed by atoms with E-state index in [1.165, 1.54) is 0 Å². The van der Waals surface area contributed by atoms with Crippen LogP contribution in [0.1, 0.15) is 19.8 Å². The van der Waals surface area contributed by atoms with Gasteiger partial charge in [-0.25, -0.2) is 0 Å². The van der Waals surface area contributed by atoms with Crippen molar-refractivity contribution in [2.75, 3.05) is 0 Å². The van der Waals surface area contributed by atoms with Crippen molar-refractivity contribution in [1.29, 1.82) is 5.26 Å². The van der Waals surface area contributed by atoms with Crippen molar-refractivity contribution in [3.8, 4) is 6.07 Å². The molecule has 0 spiro atoms. The number of nitriles is 1. The van der Waals surface area contributed by atoms with Gasteiger partial charge in [-0.15, -0.1) is 0 Å². The Morgan fingerprint density at radius 3 is 2.44 bits per heavy atom. The number of hydrogen-bond donors (Lipinski definition) is 1. The minimum atomic E-state index is -0.356. The van der Waals surface area contributed by atoms with Crippen LogP contribution in [0.25, 0.3) is 0 Å². The number of nitrogens with zero attached hydrogens (tertiary/aromatic N) is 1. The summed E-state index contributed by atoms with van der Waals surface area (Å²) in [5.41, 5.74) is 0. The Hall–Kier alpha value is -0.550. The highest BCUT2D eigenvalue weighted by Gasteiger charge is 2.29. The second-order valence-electron chi connectivity index (χ2n) is 2.88. The van der Waals surface area contributed by atoms with E-state index in [1.54, 1.807) is 0 Å². The maximum atomic E-state index is 9.14. The standard InChI is InChI=1S/C7H11NO/c1-5-2-6(4-8)7(9)3-5/h5-7,9H,2-3H2,1H3. The van der Waals surface area contributed by atoms with E-state index in [0.717, 1.165) is 12.8 Å². The van der Waals surface area contributed by atoms with Gasteiger partial charge in [-0.2, -0.15) is 5.26 Å². The molecule has 0 aliphatic heterocycles. The van der Waals surface area contributed by atoms with Crippen molar-refractivity contribution < 1.29 is 5.11 Å². The van der Waals surface area contributed by atoms with Crippen LogP contribution in [0.2, 0.25) is 0 Å². The van der Waals surface area contributed by atoms with Crippen molar-refractivity contribution in [1.82, 2.24) is 0 Å². The van der Waals surface area contributed by atoms with E-state index in [2.05, 4.69) is 13.0 Å². The van der Waals surface area contributed by atoms with Crippen molar-refractivity contribution >= 4 is 0 Å². The SMILES string of the molecule is CC1CC(O)C(C#N)C1. The molecule has 0 aromatic heterocycles. The molecule has 0 aromatic carbocycles. The van der Waals surface area contributed by atoms with Crippen LogP contribution in [0, 0.1) is 23.2 Å². The lowest BCUT2D eigenvalue weighted by molar-refractivity contribution is 0.153. The predicted octanol–water partition coefficient (Wildman–Crippen LogP) is 0.917. The molecule has 1 saturated carbocycles. The van der Waals surface area contributed by atoms with Gasteiger partial charge in [0.15, 0.2) is 0 Å². The third kappa shape index (κ3) is 1.22. The summed E-state index contributed by atoms with van der Waals surface area (Å²) in [7, 11) is 0. The fourth-order valence-corrected chi connectivity index (χ4v) is 1.40. The molecule has 50 valence electrons. The number of aliphatic hydroxyl groups excluding tert-OH is 1. The van der Waals surface area contributed by atoms with Gasteiger partial charge < -0.3 is 5.11 Å². The van der Waals surface area contributed by atoms with Gasteiger partial charge in [0.2, 0.25) is 0 Å². The Morgan fingerprint density at radius 2 is 2.22 bits per heavy atom. The average molecular weight is 125 g/mol. The Labute approximate surface area is 55.1 Å². The molecule has 2 nitrogen and oxygen atoms in total. The summed E-state index contributed by atoms with van der Waals surface area (Å²) in [5, 5.41) is 17.6. The van der Waals surface area contributed by atoms with E-state index in [1.807, 2.05) is 0 Å². The van der Waals surface area contributed by atoms with Gasteiger partial charge in [-0.1, -0.05) is 6.92 Å². The zero-order valence-electron chi connectivity index (χ0n) is 5.54. The van der Waals surface area contributed by atoms with Gasteiger partial charge in [0.05, 0.1) is 18.1 Å². The first-order valence-electron chi connectivity index (χ1n) is 3.31. The molecular formula is C7H11NO. The Bertz CT molecular complexity index is 138. The van der Waals surface area contributed by atoms with Crippen molar-refractivity contribution in [3.63, 3.8) is 0 Å². The minimum Gasteiger partial charge on any atom is -0.392 e. The van der Waals surface area contributed by atoms with Crippen LogP contribution in [0.5, 0.6) is 0 Å². The molecule has 1 fully saturated rings. The summed E-state index contributed by atoms with van der Waals surface area (Å²) in [6.45, 7) is 2.07. The van der Waals surface area contributed by atoms with Crippen LogP contribution in [0.15, 0.2) is 0 Å². The molecule has 0 aromatic rings. The van der Waals surface area contributed by atoms with E-state index >= 15 is 0 Å². The zero-order chi connectivity index (χ0) is 6.85. The third-order valence-corrected chi connectivity index (χ3v) is 1.93. The zero-order valence-corrected chi connectivity index (χ0v) is 5.54. The van der Waals surface area contributed by atoms with Gasteiger partial charge in [0.25, 0.3) is 0 Å². The smallest absolute Gasteiger partial charge is 0.0725 e. The largest absolute Gasteiger partial charge is 0.392 e. The molecule has 9 heavy (non-hydrogen) atoms. The van der Waals surface area contributed by atoms with Crippen LogP contribution in [0.3, 0.4) is 0 Å². The Morgan fingerprint density at radius 1 is 1.56 bits per heavy atom. The molecule has 0 radical (unpaired) electrons.